The molecule has 3 heteroatoms. The number of carbonyl (C=O) groups is 1. The van der Waals surface area contributed by atoms with Gasteiger partial charge in [0.2, 0.25) is 0 Å². The maximum atomic E-state index is 11.2. The molecule has 0 bridgehead atoms. The van der Waals surface area contributed by atoms with E-state index in [1.54, 1.807) is 0 Å². The molecule has 162 valence electrons. The lowest BCUT2D eigenvalue weighted by atomic mass is 9.92. The highest BCUT2D eigenvalue weighted by molar-refractivity contribution is 8.00. The zero-order valence-corrected chi connectivity index (χ0v) is 19.0. The zero-order chi connectivity index (χ0) is 20.2. The van der Waals surface area contributed by atoms with Crippen molar-refractivity contribution in [1.29, 1.82) is 0 Å². The lowest BCUT2D eigenvalue weighted by Crippen LogP contribution is -2.13. The van der Waals surface area contributed by atoms with Crippen molar-refractivity contribution in [1.82, 2.24) is 0 Å². The van der Waals surface area contributed by atoms with E-state index < -0.39 is 0 Å². The molecule has 2 atom stereocenters. The van der Waals surface area contributed by atoms with Crippen molar-refractivity contribution in [3.8, 4) is 5.75 Å². The summed E-state index contributed by atoms with van der Waals surface area (Å²) in [6, 6.07) is 8.80. The van der Waals surface area contributed by atoms with E-state index in [0.29, 0.717) is 11.2 Å². The van der Waals surface area contributed by atoms with E-state index in [1.165, 1.54) is 94.7 Å². The maximum absolute atomic E-state index is 11.2. The van der Waals surface area contributed by atoms with E-state index in [-0.39, 0.29) is 0 Å². The fourth-order valence-electron chi connectivity index (χ4n) is 4.83. The molecule has 2 aliphatic carbocycles. The number of thioether (sulfide) groups is 1. The highest BCUT2D eigenvalue weighted by Gasteiger charge is 2.16. The van der Waals surface area contributed by atoms with Crippen LogP contribution in [0, 0.1) is 11.8 Å². The zero-order valence-electron chi connectivity index (χ0n) is 18.2. The van der Waals surface area contributed by atoms with Crippen LogP contribution in [0.4, 0.5) is 0 Å². The monoisotopic (exact) mass is 416 g/mol. The van der Waals surface area contributed by atoms with Gasteiger partial charge < -0.3 is 9.53 Å². The van der Waals surface area contributed by atoms with Gasteiger partial charge in [-0.15, -0.1) is 11.8 Å². The number of hydrogen-bond acceptors (Lipinski definition) is 3. The number of ether oxygens (including phenoxy) is 1. The molecule has 0 saturated heterocycles. The highest BCUT2D eigenvalue weighted by Crippen LogP contribution is 2.33. The first-order chi connectivity index (χ1) is 14.3. The van der Waals surface area contributed by atoms with Crippen molar-refractivity contribution < 1.29 is 9.53 Å². The molecule has 1 aromatic rings. The molecule has 2 fully saturated rings. The Morgan fingerprint density at radius 1 is 0.759 bits per heavy atom. The van der Waals surface area contributed by atoms with Gasteiger partial charge in [-0.2, -0.15) is 0 Å². The highest BCUT2D eigenvalue weighted by atomic mass is 32.2. The van der Waals surface area contributed by atoms with Crippen LogP contribution in [0.1, 0.15) is 96.3 Å². The first-order valence-electron chi connectivity index (χ1n) is 12.2. The Morgan fingerprint density at radius 3 is 2.10 bits per heavy atom. The second-order valence-corrected chi connectivity index (χ2v) is 10.6. The average Bonchev–Trinajstić information content (AvgIpc) is 2.72. The van der Waals surface area contributed by atoms with Gasteiger partial charge in [0.05, 0.1) is 6.61 Å². The first-order valence-corrected chi connectivity index (χ1v) is 13.1. The Bertz CT molecular complexity index is 563. The lowest BCUT2D eigenvalue weighted by Gasteiger charge is -2.21. The maximum Gasteiger partial charge on any atom is 0.123 e. The molecule has 0 radical (unpaired) electrons. The summed E-state index contributed by atoms with van der Waals surface area (Å²) < 4.78 is 6.14. The molecule has 0 N–H and O–H groups in total. The second kappa shape index (κ2) is 13.4. The number of hydrogen-bond donors (Lipinski definition) is 0. The van der Waals surface area contributed by atoms with Gasteiger partial charge in [-0.1, -0.05) is 57.8 Å². The number of rotatable bonds is 6. The summed E-state index contributed by atoms with van der Waals surface area (Å²) in [5.74, 6) is 2.06. The van der Waals surface area contributed by atoms with Gasteiger partial charge in [0.1, 0.15) is 12.0 Å². The van der Waals surface area contributed by atoms with Crippen LogP contribution in [-0.2, 0) is 4.79 Å². The summed E-state index contributed by atoms with van der Waals surface area (Å²) in [7, 11) is 0. The number of carbonyl (C=O) groups excluding carboxylic acids is 1. The predicted molar refractivity (Wildman–Crippen MR) is 124 cm³/mol. The van der Waals surface area contributed by atoms with E-state index in [2.05, 4.69) is 24.3 Å². The van der Waals surface area contributed by atoms with Gasteiger partial charge in [-0.25, -0.2) is 0 Å². The first kappa shape index (κ1) is 22.7. The van der Waals surface area contributed by atoms with Crippen LogP contribution in [0.2, 0.25) is 0 Å². The molecule has 2 saturated carbocycles. The quantitative estimate of drug-likeness (QED) is 0.442. The number of benzene rings is 1. The SMILES string of the molecule is O=CC1CCCCCC(Sc2ccc(OCC3CCCCCCC3)cc2)CCC1. The fraction of sp³-hybridized carbons (Fsp3) is 0.731. The molecule has 0 spiro atoms. The fourth-order valence-corrected chi connectivity index (χ4v) is 6.08. The minimum Gasteiger partial charge on any atom is -0.493 e. The summed E-state index contributed by atoms with van der Waals surface area (Å²) in [5.41, 5.74) is 0. The van der Waals surface area contributed by atoms with E-state index >= 15 is 0 Å². The molecule has 1 aromatic carbocycles. The van der Waals surface area contributed by atoms with Crippen LogP contribution < -0.4 is 4.74 Å². The van der Waals surface area contributed by atoms with E-state index in [4.69, 9.17) is 4.74 Å². The standard InChI is InChI=1S/C26H40O2S/c27-20-22-10-7-4-8-14-25(15-9-13-22)29-26-18-16-24(17-19-26)28-21-23-11-5-2-1-3-6-12-23/h16-20,22-23,25H,1-15,21H2. The third-order valence-corrected chi connectivity index (χ3v) is 8.08. The van der Waals surface area contributed by atoms with Gasteiger partial charge in [0.25, 0.3) is 0 Å². The van der Waals surface area contributed by atoms with E-state index in [0.717, 1.165) is 31.1 Å². The van der Waals surface area contributed by atoms with Gasteiger partial charge in [-0.05, 0) is 68.7 Å². The van der Waals surface area contributed by atoms with E-state index in [9.17, 15) is 4.79 Å². The normalized spacial score (nSPS) is 25.5. The Balaban J connectivity index is 1.44. The van der Waals surface area contributed by atoms with E-state index in [1.807, 2.05) is 11.8 Å². The van der Waals surface area contributed by atoms with Crippen molar-refractivity contribution in [3.05, 3.63) is 24.3 Å². The van der Waals surface area contributed by atoms with Gasteiger partial charge >= 0.3 is 0 Å². The van der Waals surface area contributed by atoms with Crippen molar-refractivity contribution in [2.75, 3.05) is 6.61 Å². The van der Waals surface area contributed by atoms with Crippen LogP contribution in [0.25, 0.3) is 0 Å². The molecule has 2 nitrogen and oxygen atoms in total. The summed E-state index contributed by atoms with van der Waals surface area (Å²) in [5, 5.41) is 0.682. The average molecular weight is 417 g/mol. The van der Waals surface area contributed by atoms with Gasteiger partial charge in [0.15, 0.2) is 0 Å². The van der Waals surface area contributed by atoms with Crippen molar-refractivity contribution in [3.63, 3.8) is 0 Å². The van der Waals surface area contributed by atoms with Crippen LogP contribution in [-0.4, -0.2) is 18.1 Å². The largest absolute Gasteiger partial charge is 0.493 e. The smallest absolute Gasteiger partial charge is 0.123 e. The molecule has 3 rings (SSSR count). The molecule has 0 aromatic heterocycles. The Kier molecular flexibility index (Phi) is 10.5. The third-order valence-electron chi connectivity index (χ3n) is 6.73. The van der Waals surface area contributed by atoms with Crippen LogP contribution in [0.15, 0.2) is 29.2 Å². The lowest BCUT2D eigenvalue weighted by molar-refractivity contribution is -0.111. The minimum absolute atomic E-state index is 0.299. The molecule has 0 heterocycles. The van der Waals surface area contributed by atoms with Gasteiger partial charge in [0, 0.05) is 16.1 Å². The summed E-state index contributed by atoms with van der Waals surface area (Å²) in [4.78, 5) is 12.6. The second-order valence-electron chi connectivity index (χ2n) is 9.20. The van der Waals surface area contributed by atoms with Crippen molar-refractivity contribution >= 4 is 18.0 Å². The Labute approximate surface area is 182 Å². The molecular formula is C26H40O2S. The van der Waals surface area contributed by atoms with Crippen LogP contribution >= 0.6 is 11.8 Å². The van der Waals surface area contributed by atoms with Crippen molar-refractivity contribution in [2.45, 2.75) is 106 Å². The third kappa shape index (κ3) is 8.74. The molecule has 2 aliphatic rings. The van der Waals surface area contributed by atoms with Crippen molar-refractivity contribution in [2.24, 2.45) is 11.8 Å². The van der Waals surface area contributed by atoms with Crippen LogP contribution in [0.3, 0.4) is 0 Å². The summed E-state index contributed by atoms with van der Waals surface area (Å²) in [6.45, 7) is 0.882. The summed E-state index contributed by atoms with van der Waals surface area (Å²) in [6.07, 6.45) is 20.5. The molecule has 0 amide bonds. The molecular weight excluding hydrogens is 376 g/mol. The Morgan fingerprint density at radius 2 is 1.34 bits per heavy atom. The Hall–Kier alpha value is -0.960. The van der Waals surface area contributed by atoms with Crippen LogP contribution in [0.5, 0.6) is 5.75 Å². The molecule has 2 unspecified atom stereocenters. The molecule has 0 aliphatic heterocycles. The predicted octanol–water partition coefficient (Wildman–Crippen LogP) is 7.84. The minimum atomic E-state index is 0.299. The number of aldehydes is 1. The summed E-state index contributed by atoms with van der Waals surface area (Å²) >= 11 is 2.03. The van der Waals surface area contributed by atoms with Gasteiger partial charge in [-0.3, -0.25) is 0 Å². The molecule has 29 heavy (non-hydrogen) atoms. The topological polar surface area (TPSA) is 26.3 Å².